The maximum absolute atomic E-state index is 11.8. The average molecular weight is 315 g/mol. The molecular formula is C16H34N2O2Si. The minimum Gasteiger partial charge on any atom is -0.466 e. The molecule has 1 rings (SSSR count). The molecule has 0 radical (unpaired) electrons. The molecule has 1 saturated heterocycles. The summed E-state index contributed by atoms with van der Waals surface area (Å²) in [5, 5.41) is 0. The van der Waals surface area contributed by atoms with Crippen molar-refractivity contribution in [2.45, 2.75) is 59.2 Å². The van der Waals surface area contributed by atoms with Crippen molar-refractivity contribution in [3.8, 4) is 0 Å². The third kappa shape index (κ3) is 4.79. The average Bonchev–Trinajstić information content (AvgIpc) is 2.50. The van der Waals surface area contributed by atoms with Crippen LogP contribution in [0.3, 0.4) is 0 Å². The van der Waals surface area contributed by atoms with Gasteiger partial charge in [0.1, 0.15) is 8.24 Å². The van der Waals surface area contributed by atoms with Gasteiger partial charge in [0, 0.05) is 19.8 Å². The number of rotatable bonds is 8. The van der Waals surface area contributed by atoms with Gasteiger partial charge in [0.05, 0.1) is 12.5 Å². The van der Waals surface area contributed by atoms with E-state index >= 15 is 0 Å². The SMILES string of the molecule is CCOC(=O)C(C)CN1CCCN([Si](CC)(CC)CC)C1. The zero-order chi connectivity index (χ0) is 15.9. The molecule has 0 aromatic rings. The third-order valence-electron chi connectivity index (χ3n) is 5.14. The molecule has 1 atom stereocenters. The van der Waals surface area contributed by atoms with E-state index in [4.69, 9.17) is 4.74 Å². The number of esters is 1. The molecule has 124 valence electrons. The van der Waals surface area contributed by atoms with Gasteiger partial charge in [-0.15, -0.1) is 0 Å². The van der Waals surface area contributed by atoms with Gasteiger partial charge in [0.2, 0.25) is 0 Å². The predicted octanol–water partition coefficient (Wildman–Crippen LogP) is 3.16. The number of carbonyl (C=O) groups excluding carboxylic acids is 1. The first-order chi connectivity index (χ1) is 10.0. The number of hydrogen-bond acceptors (Lipinski definition) is 4. The second-order valence-electron chi connectivity index (χ2n) is 6.27. The summed E-state index contributed by atoms with van der Waals surface area (Å²) in [4.78, 5) is 14.3. The Balaban J connectivity index is 2.61. The van der Waals surface area contributed by atoms with Gasteiger partial charge in [-0.2, -0.15) is 0 Å². The summed E-state index contributed by atoms with van der Waals surface area (Å²) in [6.45, 7) is 15.7. The van der Waals surface area contributed by atoms with Crippen molar-refractivity contribution in [1.82, 2.24) is 9.47 Å². The van der Waals surface area contributed by atoms with Crippen molar-refractivity contribution in [1.29, 1.82) is 0 Å². The minimum atomic E-state index is -1.28. The van der Waals surface area contributed by atoms with Gasteiger partial charge >= 0.3 is 5.97 Å². The van der Waals surface area contributed by atoms with Crippen molar-refractivity contribution in [3.63, 3.8) is 0 Å². The first-order valence-corrected chi connectivity index (χ1v) is 11.2. The Kier molecular flexibility index (Phi) is 7.91. The maximum Gasteiger partial charge on any atom is 0.309 e. The summed E-state index contributed by atoms with van der Waals surface area (Å²) in [7, 11) is -1.28. The molecule has 21 heavy (non-hydrogen) atoms. The van der Waals surface area contributed by atoms with Crippen LogP contribution in [-0.4, -0.2) is 56.6 Å². The van der Waals surface area contributed by atoms with Crippen LogP contribution in [0, 0.1) is 5.92 Å². The molecule has 1 fully saturated rings. The molecule has 0 aromatic carbocycles. The highest BCUT2D eigenvalue weighted by Gasteiger charge is 2.37. The highest BCUT2D eigenvalue weighted by Crippen LogP contribution is 2.27. The highest BCUT2D eigenvalue weighted by molar-refractivity contribution is 6.77. The predicted molar refractivity (Wildman–Crippen MR) is 90.8 cm³/mol. The summed E-state index contributed by atoms with van der Waals surface area (Å²) >= 11 is 0. The fourth-order valence-corrected chi connectivity index (χ4v) is 7.55. The second kappa shape index (κ2) is 8.91. The largest absolute Gasteiger partial charge is 0.466 e. The van der Waals surface area contributed by atoms with E-state index in [2.05, 4.69) is 30.2 Å². The van der Waals surface area contributed by atoms with E-state index in [1.807, 2.05) is 13.8 Å². The molecular weight excluding hydrogens is 280 g/mol. The smallest absolute Gasteiger partial charge is 0.309 e. The Morgan fingerprint density at radius 2 is 1.76 bits per heavy atom. The first kappa shape index (κ1) is 18.7. The zero-order valence-electron chi connectivity index (χ0n) is 14.7. The second-order valence-corrected chi connectivity index (χ2v) is 11.5. The van der Waals surface area contributed by atoms with Gasteiger partial charge in [0.25, 0.3) is 0 Å². The van der Waals surface area contributed by atoms with E-state index in [0.29, 0.717) is 6.61 Å². The van der Waals surface area contributed by atoms with E-state index in [9.17, 15) is 4.79 Å². The van der Waals surface area contributed by atoms with Gasteiger partial charge in [-0.1, -0.05) is 27.7 Å². The minimum absolute atomic E-state index is 0.0224. The van der Waals surface area contributed by atoms with Crippen LogP contribution in [-0.2, 0) is 9.53 Å². The summed E-state index contributed by atoms with van der Waals surface area (Å²) in [6, 6.07) is 4.00. The van der Waals surface area contributed by atoms with Crippen molar-refractivity contribution in [2.24, 2.45) is 5.92 Å². The van der Waals surface area contributed by atoms with Crippen LogP contribution >= 0.6 is 0 Å². The number of hydrogen-bond donors (Lipinski definition) is 0. The standard InChI is InChI=1S/C16H34N2O2Si/c1-6-20-16(19)15(5)13-17-11-10-12-18(14-17)21(7-2,8-3)9-4/h15H,6-14H2,1-5H3. The molecule has 0 spiro atoms. The number of ether oxygens (including phenoxy) is 1. The Hall–Kier alpha value is -0.393. The lowest BCUT2D eigenvalue weighted by atomic mass is 10.1. The fraction of sp³-hybridized carbons (Fsp3) is 0.938. The molecule has 5 heteroatoms. The van der Waals surface area contributed by atoms with Gasteiger partial charge in [-0.05, 0) is 38.0 Å². The summed E-state index contributed by atoms with van der Waals surface area (Å²) in [5.41, 5.74) is 0. The van der Waals surface area contributed by atoms with Crippen LogP contribution in [0.25, 0.3) is 0 Å². The fourth-order valence-electron chi connectivity index (χ4n) is 3.57. The molecule has 0 amide bonds. The number of nitrogens with zero attached hydrogens (tertiary/aromatic N) is 2. The molecule has 0 N–H and O–H groups in total. The molecule has 1 unspecified atom stereocenters. The lowest BCUT2D eigenvalue weighted by molar-refractivity contribution is -0.148. The summed E-state index contributed by atoms with van der Waals surface area (Å²) in [5.74, 6) is -0.0783. The van der Waals surface area contributed by atoms with Crippen molar-refractivity contribution in [2.75, 3.05) is 32.9 Å². The summed E-state index contributed by atoms with van der Waals surface area (Å²) in [6.07, 6.45) is 1.23. The lowest BCUT2D eigenvalue weighted by Gasteiger charge is -2.47. The van der Waals surface area contributed by atoms with Gasteiger partial charge in [-0.25, -0.2) is 0 Å². The lowest BCUT2D eigenvalue weighted by Crippen LogP contribution is -2.59. The van der Waals surface area contributed by atoms with Crippen LogP contribution in [0.15, 0.2) is 0 Å². The Bertz CT molecular complexity index is 313. The van der Waals surface area contributed by atoms with Crippen LogP contribution in [0.1, 0.15) is 41.0 Å². The van der Waals surface area contributed by atoms with E-state index in [1.165, 1.54) is 31.1 Å². The molecule has 1 aliphatic rings. The van der Waals surface area contributed by atoms with Crippen molar-refractivity contribution < 1.29 is 9.53 Å². The van der Waals surface area contributed by atoms with E-state index in [-0.39, 0.29) is 11.9 Å². The third-order valence-corrected chi connectivity index (χ3v) is 10.8. The molecule has 4 nitrogen and oxygen atoms in total. The van der Waals surface area contributed by atoms with Crippen LogP contribution in [0.4, 0.5) is 0 Å². The quantitative estimate of drug-likeness (QED) is 0.509. The van der Waals surface area contributed by atoms with E-state index in [0.717, 1.165) is 19.8 Å². The Labute approximate surface area is 131 Å². The molecule has 0 aromatic heterocycles. The van der Waals surface area contributed by atoms with E-state index < -0.39 is 8.24 Å². The molecule has 1 heterocycles. The van der Waals surface area contributed by atoms with Gasteiger partial charge < -0.3 is 9.30 Å². The van der Waals surface area contributed by atoms with E-state index in [1.54, 1.807) is 0 Å². The Morgan fingerprint density at radius 3 is 2.29 bits per heavy atom. The van der Waals surface area contributed by atoms with Crippen molar-refractivity contribution in [3.05, 3.63) is 0 Å². The van der Waals surface area contributed by atoms with Crippen LogP contribution < -0.4 is 0 Å². The maximum atomic E-state index is 11.8. The topological polar surface area (TPSA) is 32.8 Å². The number of carbonyl (C=O) groups is 1. The molecule has 0 aliphatic carbocycles. The monoisotopic (exact) mass is 314 g/mol. The molecule has 0 bridgehead atoms. The van der Waals surface area contributed by atoms with Gasteiger partial charge in [0.15, 0.2) is 0 Å². The van der Waals surface area contributed by atoms with Crippen LogP contribution in [0.5, 0.6) is 0 Å². The zero-order valence-corrected chi connectivity index (χ0v) is 15.7. The normalized spacial score (nSPS) is 19.5. The van der Waals surface area contributed by atoms with Gasteiger partial charge in [-0.3, -0.25) is 9.69 Å². The highest BCUT2D eigenvalue weighted by atomic mass is 28.3. The summed E-state index contributed by atoms with van der Waals surface area (Å²) < 4.78 is 7.90. The van der Waals surface area contributed by atoms with Crippen molar-refractivity contribution >= 4 is 14.2 Å². The molecule has 1 aliphatic heterocycles. The first-order valence-electron chi connectivity index (χ1n) is 8.67. The Morgan fingerprint density at radius 1 is 1.14 bits per heavy atom. The van der Waals surface area contributed by atoms with Crippen LogP contribution in [0.2, 0.25) is 18.1 Å². The molecule has 0 saturated carbocycles.